The fourth-order valence-corrected chi connectivity index (χ4v) is 4.57. The number of carbonyl (C=O) groups is 2. The first-order valence-electron chi connectivity index (χ1n) is 9.95. The molecule has 6 heteroatoms. The predicted octanol–water partition coefficient (Wildman–Crippen LogP) is 3.29. The van der Waals surface area contributed by atoms with Gasteiger partial charge in [-0.15, -0.1) is 0 Å². The summed E-state index contributed by atoms with van der Waals surface area (Å²) in [6.45, 7) is 1.53. The summed E-state index contributed by atoms with van der Waals surface area (Å²) >= 11 is 0. The molecule has 3 fully saturated rings. The third-order valence-corrected chi connectivity index (χ3v) is 5.92. The number of amides is 1. The number of carbonyl (C=O) groups excluding carboxylic acids is 2. The molecule has 27 heavy (non-hydrogen) atoms. The van der Waals surface area contributed by atoms with Gasteiger partial charge in [0.05, 0.1) is 13.2 Å². The lowest BCUT2D eigenvalue weighted by atomic mass is 9.86. The van der Waals surface area contributed by atoms with E-state index in [-0.39, 0.29) is 36.2 Å². The van der Waals surface area contributed by atoms with Gasteiger partial charge in [0, 0.05) is 30.8 Å². The number of piperidine rings is 1. The lowest BCUT2D eigenvalue weighted by Gasteiger charge is -2.37. The number of hydrogen-bond acceptors (Lipinski definition) is 5. The molecular weight excluding hydrogens is 346 g/mol. The minimum Gasteiger partial charge on any atom is -0.445 e. The SMILES string of the molecule is O=C(CCC1OCCO1)C1CC2CCC(C1)N2C(=O)OCc1ccccc1. The maximum absolute atomic E-state index is 12.6. The Hall–Kier alpha value is -1.92. The molecule has 0 saturated carbocycles. The van der Waals surface area contributed by atoms with Crippen LogP contribution in [-0.2, 0) is 25.6 Å². The van der Waals surface area contributed by atoms with Crippen molar-refractivity contribution in [3.8, 4) is 0 Å². The highest BCUT2D eigenvalue weighted by molar-refractivity contribution is 5.81. The maximum Gasteiger partial charge on any atom is 0.410 e. The highest BCUT2D eigenvalue weighted by atomic mass is 16.7. The van der Waals surface area contributed by atoms with E-state index in [4.69, 9.17) is 14.2 Å². The third-order valence-electron chi connectivity index (χ3n) is 5.92. The molecule has 2 bridgehead atoms. The van der Waals surface area contributed by atoms with Gasteiger partial charge in [-0.2, -0.15) is 0 Å². The number of hydrogen-bond donors (Lipinski definition) is 0. The molecule has 4 rings (SSSR count). The van der Waals surface area contributed by atoms with Gasteiger partial charge in [0.25, 0.3) is 0 Å². The van der Waals surface area contributed by atoms with Crippen LogP contribution in [0.2, 0.25) is 0 Å². The number of Topliss-reactive ketones (excluding diaryl/α,β-unsaturated/α-hetero) is 1. The van der Waals surface area contributed by atoms with Crippen LogP contribution in [0.1, 0.15) is 44.1 Å². The van der Waals surface area contributed by atoms with E-state index in [2.05, 4.69) is 0 Å². The van der Waals surface area contributed by atoms with Gasteiger partial charge in [-0.05, 0) is 31.2 Å². The second-order valence-corrected chi connectivity index (χ2v) is 7.68. The largest absolute Gasteiger partial charge is 0.445 e. The Morgan fingerprint density at radius 1 is 1.04 bits per heavy atom. The van der Waals surface area contributed by atoms with Crippen LogP contribution >= 0.6 is 0 Å². The summed E-state index contributed by atoms with van der Waals surface area (Å²) in [4.78, 5) is 27.1. The first-order valence-corrected chi connectivity index (χ1v) is 9.95. The molecule has 1 aromatic rings. The van der Waals surface area contributed by atoms with Crippen LogP contribution in [0.5, 0.6) is 0 Å². The summed E-state index contributed by atoms with van der Waals surface area (Å²) in [6, 6.07) is 9.96. The molecule has 0 aliphatic carbocycles. The molecule has 0 radical (unpaired) electrons. The minimum absolute atomic E-state index is 0.0436. The van der Waals surface area contributed by atoms with Gasteiger partial charge in [-0.3, -0.25) is 4.79 Å². The lowest BCUT2D eigenvalue weighted by Crippen LogP contribution is -2.48. The van der Waals surface area contributed by atoms with E-state index in [0.29, 0.717) is 32.7 Å². The molecule has 3 saturated heterocycles. The van der Waals surface area contributed by atoms with Crippen molar-refractivity contribution in [3.63, 3.8) is 0 Å². The number of fused-ring (bicyclic) bond motifs is 2. The summed E-state index contributed by atoms with van der Waals surface area (Å²) in [7, 11) is 0. The second-order valence-electron chi connectivity index (χ2n) is 7.68. The topological polar surface area (TPSA) is 65.1 Å². The summed E-state index contributed by atoms with van der Waals surface area (Å²) in [5.74, 6) is 0.324. The van der Waals surface area contributed by atoms with E-state index in [0.717, 1.165) is 31.2 Å². The molecular formula is C21H27NO5. The Morgan fingerprint density at radius 3 is 2.37 bits per heavy atom. The van der Waals surface area contributed by atoms with E-state index in [9.17, 15) is 9.59 Å². The van der Waals surface area contributed by atoms with Gasteiger partial charge in [-0.1, -0.05) is 30.3 Å². The van der Waals surface area contributed by atoms with Crippen molar-refractivity contribution in [1.82, 2.24) is 4.90 Å². The van der Waals surface area contributed by atoms with Crippen molar-refractivity contribution in [2.45, 2.75) is 63.5 Å². The normalized spacial score (nSPS) is 27.7. The van der Waals surface area contributed by atoms with Crippen LogP contribution < -0.4 is 0 Å². The van der Waals surface area contributed by atoms with E-state index in [1.807, 2.05) is 35.2 Å². The molecule has 146 valence electrons. The Morgan fingerprint density at radius 2 is 1.70 bits per heavy atom. The molecule has 2 atom stereocenters. The van der Waals surface area contributed by atoms with Gasteiger partial charge in [0.15, 0.2) is 6.29 Å². The highest BCUT2D eigenvalue weighted by Crippen LogP contribution is 2.40. The van der Waals surface area contributed by atoms with E-state index in [1.165, 1.54) is 0 Å². The Bertz CT molecular complexity index is 644. The summed E-state index contributed by atoms with van der Waals surface area (Å²) in [5, 5.41) is 0. The summed E-state index contributed by atoms with van der Waals surface area (Å²) in [5.41, 5.74) is 0.986. The Kier molecular flexibility index (Phi) is 5.74. The standard InChI is InChI=1S/C21H27NO5/c23-19(8-9-20-25-10-11-26-20)16-12-17-6-7-18(13-16)22(17)21(24)27-14-15-4-2-1-3-5-15/h1-5,16-18,20H,6-14H2. The van der Waals surface area contributed by atoms with E-state index >= 15 is 0 Å². The highest BCUT2D eigenvalue weighted by Gasteiger charge is 2.45. The van der Waals surface area contributed by atoms with Crippen LogP contribution in [0.25, 0.3) is 0 Å². The predicted molar refractivity (Wildman–Crippen MR) is 97.9 cm³/mol. The fraction of sp³-hybridized carbons (Fsp3) is 0.619. The molecule has 3 aliphatic rings. The van der Waals surface area contributed by atoms with Crippen LogP contribution in [0.15, 0.2) is 30.3 Å². The molecule has 0 spiro atoms. The van der Waals surface area contributed by atoms with Crippen LogP contribution in [-0.4, -0.2) is 48.4 Å². The van der Waals surface area contributed by atoms with Crippen LogP contribution in [0.3, 0.4) is 0 Å². The zero-order chi connectivity index (χ0) is 18.6. The molecule has 3 heterocycles. The first kappa shape index (κ1) is 18.4. The van der Waals surface area contributed by atoms with Crippen molar-refractivity contribution >= 4 is 11.9 Å². The molecule has 0 aromatic heterocycles. The van der Waals surface area contributed by atoms with Crippen LogP contribution in [0.4, 0.5) is 4.79 Å². The lowest BCUT2D eigenvalue weighted by molar-refractivity contribution is -0.127. The zero-order valence-corrected chi connectivity index (χ0v) is 15.5. The van der Waals surface area contributed by atoms with Crippen molar-refractivity contribution < 1.29 is 23.8 Å². The number of ketones is 1. The number of benzene rings is 1. The molecule has 3 aliphatic heterocycles. The zero-order valence-electron chi connectivity index (χ0n) is 15.5. The average Bonchev–Trinajstić information content (AvgIpc) is 3.31. The Balaban J connectivity index is 1.27. The molecule has 2 unspecified atom stereocenters. The summed E-state index contributed by atoms with van der Waals surface area (Å²) in [6.07, 6.45) is 4.09. The van der Waals surface area contributed by atoms with Gasteiger partial charge < -0.3 is 19.1 Å². The molecule has 1 amide bonds. The van der Waals surface area contributed by atoms with Crippen LogP contribution in [0, 0.1) is 5.92 Å². The number of ether oxygens (including phenoxy) is 3. The van der Waals surface area contributed by atoms with Crippen molar-refractivity contribution in [1.29, 1.82) is 0 Å². The van der Waals surface area contributed by atoms with Gasteiger partial charge in [-0.25, -0.2) is 4.79 Å². The van der Waals surface area contributed by atoms with Gasteiger partial charge in [0.2, 0.25) is 0 Å². The van der Waals surface area contributed by atoms with Crippen molar-refractivity contribution in [2.75, 3.05) is 13.2 Å². The molecule has 1 aromatic carbocycles. The Labute approximate surface area is 159 Å². The van der Waals surface area contributed by atoms with E-state index in [1.54, 1.807) is 0 Å². The molecule has 6 nitrogen and oxygen atoms in total. The quantitative estimate of drug-likeness (QED) is 0.766. The van der Waals surface area contributed by atoms with Crippen molar-refractivity contribution in [2.24, 2.45) is 5.92 Å². The monoisotopic (exact) mass is 373 g/mol. The molecule has 0 N–H and O–H groups in total. The van der Waals surface area contributed by atoms with E-state index < -0.39 is 0 Å². The van der Waals surface area contributed by atoms with Crippen molar-refractivity contribution in [3.05, 3.63) is 35.9 Å². The third kappa shape index (κ3) is 4.33. The van der Waals surface area contributed by atoms with Gasteiger partial charge in [0.1, 0.15) is 12.4 Å². The fourth-order valence-electron chi connectivity index (χ4n) is 4.57. The smallest absolute Gasteiger partial charge is 0.410 e. The average molecular weight is 373 g/mol. The van der Waals surface area contributed by atoms with Gasteiger partial charge >= 0.3 is 6.09 Å². The second kappa shape index (κ2) is 8.40. The number of nitrogens with zero attached hydrogens (tertiary/aromatic N) is 1. The minimum atomic E-state index is -0.245. The maximum atomic E-state index is 12.6. The first-order chi connectivity index (χ1) is 13.2. The summed E-state index contributed by atoms with van der Waals surface area (Å²) < 4.78 is 16.4. The number of rotatable bonds is 6.